The van der Waals surface area contributed by atoms with E-state index in [1.807, 2.05) is 6.07 Å². The predicted octanol–water partition coefficient (Wildman–Crippen LogP) is 1.24. The highest BCUT2D eigenvalue weighted by atomic mass is 16.4. The Morgan fingerprint density at radius 1 is 1.30 bits per heavy atom. The van der Waals surface area contributed by atoms with Crippen molar-refractivity contribution in [3.05, 3.63) is 42.1 Å². The molecule has 100 valence electrons. The van der Waals surface area contributed by atoms with Crippen LogP contribution in [0.4, 0.5) is 5.69 Å². The van der Waals surface area contributed by atoms with Crippen LogP contribution in [-0.2, 0) is 0 Å². The van der Waals surface area contributed by atoms with Crippen LogP contribution >= 0.6 is 0 Å². The molecule has 20 heavy (non-hydrogen) atoms. The van der Waals surface area contributed by atoms with Gasteiger partial charge in [-0.1, -0.05) is 12.1 Å². The van der Waals surface area contributed by atoms with Gasteiger partial charge in [0.1, 0.15) is 0 Å². The second-order valence-corrected chi connectivity index (χ2v) is 4.03. The highest BCUT2D eigenvalue weighted by molar-refractivity contribution is 6.11. The fourth-order valence-electron chi connectivity index (χ4n) is 1.88. The first-order valence-corrected chi connectivity index (χ1v) is 5.67. The maximum Gasteiger partial charge on any atom is 0.354 e. The molecule has 0 saturated carbocycles. The third-order valence-corrected chi connectivity index (χ3v) is 2.79. The van der Waals surface area contributed by atoms with E-state index in [9.17, 15) is 9.59 Å². The first kappa shape index (κ1) is 11.9. The zero-order chi connectivity index (χ0) is 14.1. The van der Waals surface area contributed by atoms with Gasteiger partial charge >= 0.3 is 5.97 Å². The Kier molecular flexibility index (Phi) is 2.68. The molecule has 3 aromatic rings. The molecule has 2 heterocycles. The molecule has 0 fully saturated rings. The lowest BCUT2D eigenvalue weighted by atomic mass is 10.2. The number of benzene rings is 1. The average molecular weight is 271 g/mol. The van der Waals surface area contributed by atoms with Gasteiger partial charge in [0.25, 0.3) is 5.91 Å². The maximum atomic E-state index is 12.1. The van der Waals surface area contributed by atoms with E-state index < -0.39 is 11.9 Å². The number of hydrogen-bond donors (Lipinski definition) is 4. The van der Waals surface area contributed by atoms with Crippen molar-refractivity contribution in [3.8, 4) is 0 Å². The van der Waals surface area contributed by atoms with Crippen LogP contribution in [0.5, 0.6) is 0 Å². The van der Waals surface area contributed by atoms with Gasteiger partial charge in [0, 0.05) is 5.39 Å². The highest BCUT2D eigenvalue weighted by Gasteiger charge is 2.20. The number of nitrogens with one attached hydrogen (secondary N) is 3. The number of nitrogens with zero attached hydrogens (tertiary/aromatic N) is 2. The molecule has 0 radical (unpaired) electrons. The topological polar surface area (TPSA) is 124 Å². The number of carbonyl (C=O) groups is 2. The number of carboxylic acids is 1. The van der Waals surface area contributed by atoms with E-state index in [1.165, 1.54) is 0 Å². The molecule has 0 atom stereocenters. The molecule has 0 aliphatic rings. The van der Waals surface area contributed by atoms with Gasteiger partial charge in [-0.15, -0.1) is 0 Å². The summed E-state index contributed by atoms with van der Waals surface area (Å²) in [4.78, 5) is 29.2. The summed E-state index contributed by atoms with van der Waals surface area (Å²) in [6.07, 6.45) is 2.79. The molecular formula is C12H9N5O3. The standard InChI is InChI=1S/C12H9N5O3/c18-11(9-10(12(19)20)14-5-13-9)16-7-3-1-2-6-4-15-17-8(6)7/h1-5H,(H,13,14)(H,15,17)(H,16,18)(H,19,20). The monoisotopic (exact) mass is 271 g/mol. The third-order valence-electron chi connectivity index (χ3n) is 2.79. The SMILES string of the molecule is O=C(Nc1cccc2cn[nH]c12)c1nc[nH]c1C(=O)O. The molecule has 0 unspecified atom stereocenters. The Hall–Kier alpha value is -3.16. The fourth-order valence-corrected chi connectivity index (χ4v) is 1.88. The largest absolute Gasteiger partial charge is 0.477 e. The molecule has 0 aliphatic heterocycles. The summed E-state index contributed by atoms with van der Waals surface area (Å²) >= 11 is 0. The number of imidazole rings is 1. The van der Waals surface area contributed by atoms with Crippen LogP contribution in [0.2, 0.25) is 0 Å². The van der Waals surface area contributed by atoms with E-state index >= 15 is 0 Å². The normalized spacial score (nSPS) is 10.6. The van der Waals surface area contributed by atoms with Crippen molar-refractivity contribution in [1.29, 1.82) is 0 Å². The summed E-state index contributed by atoms with van der Waals surface area (Å²) in [5.74, 6) is -1.85. The van der Waals surface area contributed by atoms with Gasteiger partial charge in [-0.2, -0.15) is 5.10 Å². The average Bonchev–Trinajstić information content (AvgIpc) is 3.08. The second-order valence-electron chi connectivity index (χ2n) is 4.03. The summed E-state index contributed by atoms with van der Waals surface area (Å²) in [6.45, 7) is 0. The lowest BCUT2D eigenvalue weighted by Crippen LogP contribution is -2.16. The van der Waals surface area contributed by atoms with Gasteiger partial charge in [0.05, 0.1) is 23.7 Å². The summed E-state index contributed by atoms with van der Waals surface area (Å²) in [7, 11) is 0. The van der Waals surface area contributed by atoms with Crippen molar-refractivity contribution in [1.82, 2.24) is 20.2 Å². The van der Waals surface area contributed by atoms with E-state index in [2.05, 4.69) is 25.5 Å². The molecule has 8 heteroatoms. The van der Waals surface area contributed by atoms with Gasteiger partial charge < -0.3 is 15.4 Å². The lowest BCUT2D eigenvalue weighted by Gasteiger charge is -2.05. The Balaban J connectivity index is 1.95. The Bertz CT molecular complexity index is 804. The van der Waals surface area contributed by atoms with Crippen LogP contribution in [0.3, 0.4) is 0 Å². The van der Waals surface area contributed by atoms with Crippen LogP contribution < -0.4 is 5.32 Å². The van der Waals surface area contributed by atoms with Gasteiger partial charge in [-0.05, 0) is 6.07 Å². The zero-order valence-electron chi connectivity index (χ0n) is 10.0. The number of aromatic nitrogens is 4. The van der Waals surface area contributed by atoms with E-state index in [1.54, 1.807) is 18.3 Å². The number of fused-ring (bicyclic) bond motifs is 1. The van der Waals surface area contributed by atoms with Gasteiger partial charge in [-0.3, -0.25) is 9.89 Å². The van der Waals surface area contributed by atoms with E-state index in [-0.39, 0.29) is 11.4 Å². The van der Waals surface area contributed by atoms with E-state index in [0.717, 1.165) is 11.7 Å². The summed E-state index contributed by atoms with van der Waals surface area (Å²) in [6, 6.07) is 5.29. The van der Waals surface area contributed by atoms with Crippen LogP contribution in [0.15, 0.2) is 30.7 Å². The number of aromatic amines is 2. The number of amides is 1. The minimum absolute atomic E-state index is 0.172. The predicted molar refractivity (Wildman–Crippen MR) is 69.6 cm³/mol. The summed E-state index contributed by atoms with van der Waals surface area (Å²) < 4.78 is 0. The van der Waals surface area contributed by atoms with Gasteiger partial charge in [0.15, 0.2) is 11.4 Å². The Labute approximate surface area is 111 Å². The number of anilines is 1. The minimum Gasteiger partial charge on any atom is -0.477 e. The number of H-pyrrole nitrogens is 2. The molecule has 1 aromatic carbocycles. The van der Waals surface area contributed by atoms with Crippen molar-refractivity contribution in [2.45, 2.75) is 0 Å². The molecule has 8 nitrogen and oxygen atoms in total. The van der Waals surface area contributed by atoms with Crippen molar-refractivity contribution in [2.24, 2.45) is 0 Å². The molecule has 0 bridgehead atoms. The van der Waals surface area contributed by atoms with Crippen molar-refractivity contribution in [3.63, 3.8) is 0 Å². The van der Waals surface area contributed by atoms with Crippen molar-refractivity contribution >= 4 is 28.5 Å². The fraction of sp³-hybridized carbons (Fsp3) is 0. The second kappa shape index (κ2) is 4.50. The van der Waals surface area contributed by atoms with Crippen LogP contribution in [-0.4, -0.2) is 37.1 Å². The van der Waals surface area contributed by atoms with E-state index in [0.29, 0.717) is 11.2 Å². The lowest BCUT2D eigenvalue weighted by molar-refractivity contribution is 0.0686. The summed E-state index contributed by atoms with van der Waals surface area (Å²) in [5, 5.41) is 19.0. The smallest absolute Gasteiger partial charge is 0.354 e. The molecule has 0 spiro atoms. The maximum absolute atomic E-state index is 12.1. The minimum atomic E-state index is -1.24. The first-order valence-electron chi connectivity index (χ1n) is 5.67. The molecule has 1 amide bonds. The van der Waals surface area contributed by atoms with E-state index in [4.69, 9.17) is 5.11 Å². The highest BCUT2D eigenvalue weighted by Crippen LogP contribution is 2.21. The first-order chi connectivity index (χ1) is 9.66. The third kappa shape index (κ3) is 1.88. The molecule has 3 rings (SSSR count). The zero-order valence-corrected chi connectivity index (χ0v) is 10.0. The van der Waals surface area contributed by atoms with Crippen molar-refractivity contribution in [2.75, 3.05) is 5.32 Å². The van der Waals surface area contributed by atoms with Crippen molar-refractivity contribution < 1.29 is 14.7 Å². The Morgan fingerprint density at radius 3 is 2.95 bits per heavy atom. The molecule has 4 N–H and O–H groups in total. The number of carboxylic acid groups (broad SMARTS) is 1. The number of rotatable bonds is 3. The number of aromatic carboxylic acids is 1. The Morgan fingerprint density at radius 2 is 2.15 bits per heavy atom. The number of para-hydroxylation sites is 1. The number of hydrogen-bond acceptors (Lipinski definition) is 4. The number of carbonyl (C=O) groups excluding carboxylic acids is 1. The summed E-state index contributed by atoms with van der Waals surface area (Å²) in [5.41, 5.74) is 0.742. The van der Waals surface area contributed by atoms with Crippen LogP contribution in [0.1, 0.15) is 21.0 Å². The molecule has 2 aromatic heterocycles. The molecule has 0 aliphatic carbocycles. The quantitative estimate of drug-likeness (QED) is 0.570. The van der Waals surface area contributed by atoms with Gasteiger partial charge in [-0.25, -0.2) is 9.78 Å². The molecular weight excluding hydrogens is 262 g/mol. The van der Waals surface area contributed by atoms with Gasteiger partial charge in [0.2, 0.25) is 0 Å². The van der Waals surface area contributed by atoms with Crippen LogP contribution in [0, 0.1) is 0 Å². The molecule has 0 saturated heterocycles. The van der Waals surface area contributed by atoms with Crippen LogP contribution in [0.25, 0.3) is 10.9 Å².